The molecule has 1 aliphatic rings. The summed E-state index contributed by atoms with van der Waals surface area (Å²) in [6.07, 6.45) is -8.20. The number of piperidine rings is 1. The van der Waals surface area contributed by atoms with Gasteiger partial charge in [-0.1, -0.05) is 0 Å². The first-order chi connectivity index (χ1) is 17.3. The van der Waals surface area contributed by atoms with Crippen LogP contribution in [-0.2, 0) is 22.0 Å². The number of aromatic nitrogens is 4. The minimum atomic E-state index is -4.93. The van der Waals surface area contributed by atoms with Crippen LogP contribution in [-0.4, -0.2) is 58.0 Å². The minimum absolute atomic E-state index is 0.0483. The summed E-state index contributed by atoms with van der Waals surface area (Å²) in [6.45, 7) is 0.941. The van der Waals surface area contributed by atoms with Crippen molar-refractivity contribution >= 4 is 17.5 Å². The fourth-order valence-corrected chi connectivity index (χ4v) is 3.33. The molecule has 3 rings (SSSR count). The molecular formula is C20H20F7N7O3. The number of amides is 1. The average Bonchev–Trinajstić information content (AvgIpc) is 2.79. The number of alkyl halides is 7. The van der Waals surface area contributed by atoms with Gasteiger partial charge in [0.2, 0.25) is 5.95 Å². The Bertz CT molecular complexity index is 1180. The van der Waals surface area contributed by atoms with Gasteiger partial charge in [-0.25, -0.2) is 24.9 Å². The molecule has 0 spiro atoms. The second-order valence-corrected chi connectivity index (χ2v) is 7.96. The van der Waals surface area contributed by atoms with Crippen LogP contribution in [0.3, 0.4) is 0 Å². The highest BCUT2D eigenvalue weighted by molar-refractivity contribution is 5.87. The minimum Gasteiger partial charge on any atom is -0.378 e. The Morgan fingerprint density at radius 2 is 1.89 bits per heavy atom. The summed E-state index contributed by atoms with van der Waals surface area (Å²) in [5.41, 5.74) is -2.40. The molecule has 0 radical (unpaired) electrons. The van der Waals surface area contributed by atoms with Crippen LogP contribution in [0.5, 0.6) is 0 Å². The molecule has 0 aromatic carbocycles. The first-order valence-corrected chi connectivity index (χ1v) is 10.6. The summed E-state index contributed by atoms with van der Waals surface area (Å²) in [5, 5.41) is 7.44. The molecule has 202 valence electrons. The number of anilines is 2. The molecule has 0 aliphatic carbocycles. The molecule has 3 N–H and O–H groups in total. The molecule has 1 amide bonds. The maximum Gasteiger partial charge on any atom is 0.423 e. The molecule has 2 unspecified atom stereocenters. The van der Waals surface area contributed by atoms with Crippen LogP contribution < -0.4 is 21.3 Å². The number of nitrogens with zero attached hydrogens (tertiary/aromatic N) is 4. The Labute approximate surface area is 203 Å². The van der Waals surface area contributed by atoms with E-state index in [9.17, 15) is 40.3 Å². The van der Waals surface area contributed by atoms with Crippen molar-refractivity contribution in [3.8, 4) is 0 Å². The molecule has 37 heavy (non-hydrogen) atoms. The molecule has 2 aromatic rings. The molecule has 2 aromatic heterocycles. The van der Waals surface area contributed by atoms with Crippen molar-refractivity contribution in [3.63, 3.8) is 0 Å². The van der Waals surface area contributed by atoms with E-state index in [0.717, 1.165) is 12.3 Å². The summed E-state index contributed by atoms with van der Waals surface area (Å²) in [7, 11) is 0. The van der Waals surface area contributed by atoms with Crippen molar-refractivity contribution in [2.75, 3.05) is 29.9 Å². The SMILES string of the molecule is CC(CONC(=O)/C=C1/CCN(c2ncc(C(F)(F)F)cn2)CC1F)Nc1cn[nH]c(=O)c1C(F)(F)F. The lowest BCUT2D eigenvalue weighted by atomic mass is 10.0. The molecule has 2 atom stereocenters. The second kappa shape index (κ2) is 11.1. The topological polar surface area (TPSA) is 125 Å². The molecule has 1 saturated heterocycles. The van der Waals surface area contributed by atoms with E-state index in [1.54, 1.807) is 5.10 Å². The third kappa shape index (κ3) is 7.37. The van der Waals surface area contributed by atoms with Gasteiger partial charge in [-0.05, 0) is 18.9 Å². The van der Waals surface area contributed by atoms with Crippen LogP contribution in [0.4, 0.5) is 42.4 Å². The van der Waals surface area contributed by atoms with Crippen molar-refractivity contribution in [1.29, 1.82) is 0 Å². The first-order valence-electron chi connectivity index (χ1n) is 10.6. The molecule has 0 bridgehead atoms. The molecular weight excluding hydrogens is 519 g/mol. The predicted octanol–water partition coefficient (Wildman–Crippen LogP) is 2.62. The largest absolute Gasteiger partial charge is 0.423 e. The van der Waals surface area contributed by atoms with Gasteiger partial charge < -0.3 is 10.2 Å². The van der Waals surface area contributed by atoms with E-state index >= 15 is 0 Å². The first kappa shape index (κ1) is 27.8. The monoisotopic (exact) mass is 539 g/mol. The van der Waals surface area contributed by atoms with E-state index in [4.69, 9.17) is 4.84 Å². The third-order valence-corrected chi connectivity index (χ3v) is 5.07. The molecule has 0 saturated carbocycles. The highest BCUT2D eigenvalue weighted by Crippen LogP contribution is 2.32. The van der Waals surface area contributed by atoms with Gasteiger partial charge >= 0.3 is 12.4 Å². The number of halogens is 7. The van der Waals surface area contributed by atoms with Crippen molar-refractivity contribution in [3.05, 3.63) is 51.7 Å². The highest BCUT2D eigenvalue weighted by Gasteiger charge is 2.37. The van der Waals surface area contributed by atoms with Crippen LogP contribution in [0, 0.1) is 0 Å². The lowest BCUT2D eigenvalue weighted by molar-refractivity contribution is -0.139. The predicted molar refractivity (Wildman–Crippen MR) is 114 cm³/mol. The van der Waals surface area contributed by atoms with Crippen LogP contribution in [0.15, 0.2) is 35.0 Å². The Balaban J connectivity index is 1.49. The Morgan fingerprint density at radius 3 is 2.49 bits per heavy atom. The van der Waals surface area contributed by atoms with Gasteiger partial charge in [-0.15, -0.1) is 0 Å². The summed E-state index contributed by atoms with van der Waals surface area (Å²) in [4.78, 5) is 37.1. The Morgan fingerprint density at radius 1 is 1.22 bits per heavy atom. The van der Waals surface area contributed by atoms with Crippen molar-refractivity contribution in [2.45, 2.75) is 37.9 Å². The number of carbonyl (C=O) groups excluding carboxylic acids is 1. The summed E-state index contributed by atoms with van der Waals surface area (Å²) < 4.78 is 91.7. The van der Waals surface area contributed by atoms with Gasteiger partial charge in [0, 0.05) is 31.1 Å². The van der Waals surface area contributed by atoms with E-state index in [1.807, 2.05) is 5.48 Å². The van der Waals surface area contributed by atoms with Gasteiger partial charge in [-0.2, -0.15) is 31.4 Å². The average molecular weight is 539 g/mol. The van der Waals surface area contributed by atoms with Gasteiger partial charge in [0.15, 0.2) is 0 Å². The zero-order valence-corrected chi connectivity index (χ0v) is 19.0. The third-order valence-electron chi connectivity index (χ3n) is 5.07. The van der Waals surface area contributed by atoms with E-state index in [0.29, 0.717) is 12.4 Å². The van der Waals surface area contributed by atoms with Crippen LogP contribution in [0.2, 0.25) is 0 Å². The number of nitrogens with one attached hydrogen (secondary N) is 3. The van der Waals surface area contributed by atoms with Gasteiger partial charge in [0.05, 0.1) is 30.6 Å². The highest BCUT2D eigenvalue weighted by atomic mass is 19.4. The number of rotatable bonds is 7. The molecule has 10 nitrogen and oxygen atoms in total. The van der Waals surface area contributed by atoms with Crippen LogP contribution >= 0.6 is 0 Å². The van der Waals surface area contributed by atoms with E-state index in [1.165, 1.54) is 11.8 Å². The Hall–Kier alpha value is -3.76. The van der Waals surface area contributed by atoms with Crippen LogP contribution in [0.1, 0.15) is 24.5 Å². The van der Waals surface area contributed by atoms with Crippen molar-refractivity contribution in [1.82, 2.24) is 25.6 Å². The fourth-order valence-electron chi connectivity index (χ4n) is 3.33. The van der Waals surface area contributed by atoms with Gasteiger partial charge in [-0.3, -0.25) is 14.4 Å². The smallest absolute Gasteiger partial charge is 0.378 e. The number of hydrogen-bond acceptors (Lipinski definition) is 8. The zero-order chi connectivity index (χ0) is 27.4. The van der Waals surface area contributed by atoms with E-state index < -0.39 is 52.8 Å². The van der Waals surface area contributed by atoms with Crippen LogP contribution in [0.25, 0.3) is 0 Å². The molecule has 1 aliphatic heterocycles. The molecule has 3 heterocycles. The number of carbonyl (C=O) groups is 1. The lowest BCUT2D eigenvalue weighted by Crippen LogP contribution is -2.39. The van der Waals surface area contributed by atoms with Gasteiger partial charge in [0.25, 0.3) is 11.5 Å². The zero-order valence-electron chi connectivity index (χ0n) is 19.0. The number of hydroxylamine groups is 1. The molecule has 17 heteroatoms. The standard InChI is InChI=1S/C20H20F7N7O3/c1-10(31-14-7-30-32-17(36)16(14)20(25,26)27)9-37-33-15(35)4-11-2-3-34(8-13(11)21)18-28-5-12(6-29-18)19(22,23)24/h4-7,10,13H,2-3,8-9H2,1H3,(H,33,35)(H2,31,32,36)/b11-4-. The quantitative estimate of drug-likeness (QED) is 0.279. The second-order valence-electron chi connectivity index (χ2n) is 7.96. The normalized spacial score (nSPS) is 18.5. The molecule has 1 fully saturated rings. The number of aromatic amines is 1. The van der Waals surface area contributed by atoms with Crippen molar-refractivity contribution in [2.24, 2.45) is 0 Å². The maximum atomic E-state index is 14.6. The summed E-state index contributed by atoms with van der Waals surface area (Å²) >= 11 is 0. The van der Waals surface area contributed by atoms with E-state index in [2.05, 4.69) is 20.4 Å². The number of hydrogen-bond donors (Lipinski definition) is 3. The summed E-state index contributed by atoms with van der Waals surface area (Å²) in [6, 6.07) is -0.807. The maximum absolute atomic E-state index is 14.6. The lowest BCUT2D eigenvalue weighted by Gasteiger charge is -2.30. The number of H-pyrrole nitrogens is 1. The van der Waals surface area contributed by atoms with Gasteiger partial charge in [0.1, 0.15) is 11.7 Å². The Kier molecular flexibility index (Phi) is 8.35. The summed E-state index contributed by atoms with van der Waals surface area (Å²) in [5.74, 6) is -0.925. The van der Waals surface area contributed by atoms with Crippen molar-refractivity contribution < 1.29 is 40.4 Å². The van der Waals surface area contributed by atoms with E-state index in [-0.39, 0.29) is 37.6 Å². The fraction of sp³-hybridized carbons (Fsp3) is 0.450.